The molecule has 1 fully saturated rings. The monoisotopic (exact) mass is 411 g/mol. The minimum absolute atomic E-state index is 0.0256. The molecule has 0 spiro atoms. The number of benzene rings is 1. The maximum Gasteiger partial charge on any atom is 0.266 e. The Bertz CT molecular complexity index is 987. The Morgan fingerprint density at radius 1 is 1.17 bits per heavy atom. The summed E-state index contributed by atoms with van der Waals surface area (Å²) in [4.78, 5) is 22.4. The highest BCUT2D eigenvalue weighted by atomic mass is 32.2. The lowest BCUT2D eigenvalue weighted by molar-refractivity contribution is -0.114. The van der Waals surface area contributed by atoms with E-state index in [9.17, 15) is 9.18 Å². The lowest BCUT2D eigenvalue weighted by Crippen LogP contribution is -2.37. The van der Waals surface area contributed by atoms with Crippen molar-refractivity contribution in [2.45, 2.75) is 24.6 Å². The zero-order valence-corrected chi connectivity index (χ0v) is 16.7. The third-order valence-electron chi connectivity index (χ3n) is 5.63. The summed E-state index contributed by atoms with van der Waals surface area (Å²) >= 11 is 1.52. The van der Waals surface area contributed by atoms with E-state index in [2.05, 4.69) is 27.3 Å². The molecule has 3 aliphatic rings. The van der Waals surface area contributed by atoms with Crippen molar-refractivity contribution in [2.24, 2.45) is 0 Å². The minimum Gasteiger partial charge on any atom is -0.396 e. The predicted octanol–water partition coefficient (Wildman–Crippen LogP) is 3.39. The van der Waals surface area contributed by atoms with E-state index >= 15 is 0 Å². The molecular weight excluding hydrogens is 389 g/mol. The Labute approximate surface area is 173 Å². The summed E-state index contributed by atoms with van der Waals surface area (Å²) in [5.41, 5.74) is 8.38. The van der Waals surface area contributed by atoms with Gasteiger partial charge in [-0.1, -0.05) is 17.8 Å². The van der Waals surface area contributed by atoms with Crippen LogP contribution in [-0.2, 0) is 4.79 Å². The number of anilines is 3. The molecule has 3 aliphatic heterocycles. The Morgan fingerprint density at radius 3 is 2.72 bits per heavy atom. The van der Waals surface area contributed by atoms with E-state index in [-0.39, 0.29) is 17.0 Å². The summed E-state index contributed by atoms with van der Waals surface area (Å²) in [5.74, 6) is 0.474. The number of nitrogens with two attached hydrogens (primary N) is 1. The smallest absolute Gasteiger partial charge is 0.266 e. The molecular formula is C21H22FN5OS. The normalized spacial score (nSPS) is 21.6. The summed E-state index contributed by atoms with van der Waals surface area (Å²) in [5, 5.41) is 3.45. The molecule has 1 amide bonds. The number of hydrogen-bond donors (Lipinski definition) is 2. The number of carbonyl (C=O) groups is 1. The van der Waals surface area contributed by atoms with Crippen molar-refractivity contribution in [1.82, 2.24) is 10.3 Å². The second-order valence-electron chi connectivity index (χ2n) is 7.51. The maximum absolute atomic E-state index is 13.5. The van der Waals surface area contributed by atoms with E-state index in [1.165, 1.54) is 36.7 Å². The number of pyridine rings is 1. The SMILES string of the molecule is Nc1cc(N2CCC3=C(SC(c4ccc(N5CCCC5)nc4)N3)C2=O)ccc1F. The van der Waals surface area contributed by atoms with Gasteiger partial charge in [0.25, 0.3) is 5.91 Å². The molecule has 1 unspecified atom stereocenters. The number of aromatic nitrogens is 1. The van der Waals surface area contributed by atoms with Crippen molar-refractivity contribution in [3.8, 4) is 0 Å². The third kappa shape index (κ3) is 3.31. The lowest BCUT2D eigenvalue weighted by atomic mass is 10.1. The highest BCUT2D eigenvalue weighted by Crippen LogP contribution is 2.44. The number of halogens is 1. The van der Waals surface area contributed by atoms with Crippen LogP contribution in [-0.4, -0.2) is 30.5 Å². The Hall–Kier alpha value is -2.74. The zero-order chi connectivity index (χ0) is 20.0. The molecule has 1 atom stereocenters. The van der Waals surface area contributed by atoms with E-state index in [4.69, 9.17) is 5.73 Å². The third-order valence-corrected chi connectivity index (χ3v) is 6.92. The van der Waals surface area contributed by atoms with Gasteiger partial charge in [0.2, 0.25) is 0 Å². The highest BCUT2D eigenvalue weighted by molar-refractivity contribution is 8.04. The first-order valence-electron chi connectivity index (χ1n) is 9.84. The summed E-state index contributed by atoms with van der Waals surface area (Å²) in [7, 11) is 0. The molecule has 0 aliphatic carbocycles. The second-order valence-corrected chi connectivity index (χ2v) is 8.62. The van der Waals surface area contributed by atoms with Gasteiger partial charge in [0.1, 0.15) is 17.0 Å². The van der Waals surface area contributed by atoms with Crippen molar-refractivity contribution in [1.29, 1.82) is 0 Å². The highest BCUT2D eigenvalue weighted by Gasteiger charge is 2.36. The molecule has 150 valence electrons. The molecule has 29 heavy (non-hydrogen) atoms. The number of amides is 1. The van der Waals surface area contributed by atoms with Gasteiger partial charge in [0, 0.05) is 49.2 Å². The molecule has 4 heterocycles. The molecule has 1 saturated heterocycles. The van der Waals surface area contributed by atoms with Gasteiger partial charge in [-0.05, 0) is 37.1 Å². The summed E-state index contributed by atoms with van der Waals surface area (Å²) in [6.45, 7) is 2.67. The number of nitrogen functional groups attached to an aromatic ring is 1. The van der Waals surface area contributed by atoms with E-state index in [0.29, 0.717) is 17.1 Å². The van der Waals surface area contributed by atoms with Crippen molar-refractivity contribution in [3.63, 3.8) is 0 Å². The Morgan fingerprint density at radius 2 is 2.00 bits per heavy atom. The van der Waals surface area contributed by atoms with Gasteiger partial charge < -0.3 is 20.9 Å². The predicted molar refractivity (Wildman–Crippen MR) is 114 cm³/mol. The van der Waals surface area contributed by atoms with Gasteiger partial charge in [-0.3, -0.25) is 4.79 Å². The van der Waals surface area contributed by atoms with Crippen LogP contribution in [0, 0.1) is 5.82 Å². The van der Waals surface area contributed by atoms with E-state index in [0.717, 1.165) is 36.6 Å². The number of carbonyl (C=O) groups excluding carboxylic acids is 1. The average Bonchev–Trinajstić information content (AvgIpc) is 3.41. The maximum atomic E-state index is 13.5. The van der Waals surface area contributed by atoms with Crippen LogP contribution in [0.1, 0.15) is 30.2 Å². The van der Waals surface area contributed by atoms with Gasteiger partial charge in [0.05, 0.1) is 10.6 Å². The van der Waals surface area contributed by atoms with Gasteiger partial charge >= 0.3 is 0 Å². The first-order chi connectivity index (χ1) is 14.1. The zero-order valence-electron chi connectivity index (χ0n) is 15.9. The van der Waals surface area contributed by atoms with Gasteiger partial charge in [0.15, 0.2) is 0 Å². The summed E-state index contributed by atoms with van der Waals surface area (Å²) < 4.78 is 13.5. The first kappa shape index (κ1) is 18.3. The van der Waals surface area contributed by atoms with Crippen LogP contribution in [0.15, 0.2) is 47.1 Å². The number of hydrogen-bond acceptors (Lipinski definition) is 6. The first-order valence-corrected chi connectivity index (χ1v) is 10.7. The standard InChI is InChI=1S/C21H22FN5OS/c22-15-5-4-14(11-16(15)23)27-10-7-17-19(21(27)28)29-20(25-17)13-3-6-18(24-12-13)26-8-1-2-9-26/h3-6,11-12,20,25H,1-2,7-10,23H2. The van der Waals surface area contributed by atoms with E-state index in [1.807, 2.05) is 6.20 Å². The molecule has 5 rings (SSSR count). The molecule has 6 nitrogen and oxygen atoms in total. The topological polar surface area (TPSA) is 74.5 Å². The van der Waals surface area contributed by atoms with Crippen LogP contribution >= 0.6 is 11.8 Å². The minimum atomic E-state index is -0.472. The second kappa shape index (κ2) is 7.26. The van der Waals surface area contributed by atoms with Crippen LogP contribution in [0.25, 0.3) is 0 Å². The average molecular weight is 412 g/mol. The van der Waals surface area contributed by atoms with Crippen LogP contribution in [0.4, 0.5) is 21.6 Å². The number of rotatable bonds is 3. The molecule has 2 aromatic rings. The summed E-state index contributed by atoms with van der Waals surface area (Å²) in [6.07, 6.45) is 5.07. The van der Waals surface area contributed by atoms with Crippen molar-refractivity contribution >= 4 is 34.9 Å². The van der Waals surface area contributed by atoms with Crippen molar-refractivity contribution in [3.05, 3.63) is 58.5 Å². The quantitative estimate of drug-likeness (QED) is 0.755. The molecule has 3 N–H and O–H groups in total. The molecule has 0 saturated carbocycles. The molecule has 1 aromatic heterocycles. The van der Waals surface area contributed by atoms with E-state index < -0.39 is 5.82 Å². The fourth-order valence-corrected chi connectivity index (χ4v) is 5.26. The van der Waals surface area contributed by atoms with Crippen LogP contribution in [0.3, 0.4) is 0 Å². The number of nitrogens with zero attached hydrogens (tertiary/aromatic N) is 3. The van der Waals surface area contributed by atoms with Crippen LogP contribution in [0.5, 0.6) is 0 Å². The molecule has 0 bridgehead atoms. The number of nitrogens with one attached hydrogen (secondary N) is 1. The molecule has 1 aromatic carbocycles. The van der Waals surface area contributed by atoms with Crippen LogP contribution < -0.4 is 20.9 Å². The summed E-state index contributed by atoms with van der Waals surface area (Å²) in [6, 6.07) is 8.57. The molecule has 8 heteroatoms. The van der Waals surface area contributed by atoms with Crippen molar-refractivity contribution in [2.75, 3.05) is 35.2 Å². The number of thioether (sulfide) groups is 1. The largest absolute Gasteiger partial charge is 0.396 e. The van der Waals surface area contributed by atoms with E-state index in [1.54, 1.807) is 11.0 Å². The van der Waals surface area contributed by atoms with Crippen molar-refractivity contribution < 1.29 is 9.18 Å². The van der Waals surface area contributed by atoms with Gasteiger partial charge in [-0.2, -0.15) is 0 Å². The fourth-order valence-electron chi connectivity index (χ4n) is 4.04. The molecule has 0 radical (unpaired) electrons. The fraction of sp³-hybridized carbons (Fsp3) is 0.333. The Balaban J connectivity index is 1.31. The lowest BCUT2D eigenvalue weighted by Gasteiger charge is -2.27. The van der Waals surface area contributed by atoms with Gasteiger partial charge in [-0.15, -0.1) is 0 Å². The Kier molecular flexibility index (Phi) is 4.58. The van der Waals surface area contributed by atoms with Gasteiger partial charge in [-0.25, -0.2) is 9.37 Å². The van der Waals surface area contributed by atoms with Crippen LogP contribution in [0.2, 0.25) is 0 Å².